The molecule has 2 aromatic carbocycles. The van der Waals surface area contributed by atoms with Gasteiger partial charge in [0.1, 0.15) is 11.9 Å². The molecule has 2 amide bonds. The highest BCUT2D eigenvalue weighted by Gasteiger charge is 2.30. The van der Waals surface area contributed by atoms with Crippen LogP contribution in [-0.4, -0.2) is 29.3 Å². The minimum absolute atomic E-state index is 0.0676. The van der Waals surface area contributed by atoms with Gasteiger partial charge in [0.2, 0.25) is 11.8 Å². The zero-order chi connectivity index (χ0) is 21.2. The van der Waals surface area contributed by atoms with E-state index in [4.69, 9.17) is 0 Å². The van der Waals surface area contributed by atoms with E-state index in [0.717, 1.165) is 5.56 Å². The van der Waals surface area contributed by atoms with Crippen molar-refractivity contribution in [2.24, 2.45) is 5.92 Å². The maximum atomic E-state index is 14.3. The molecule has 156 valence electrons. The number of amides is 2. The molecule has 4 nitrogen and oxygen atoms in total. The largest absolute Gasteiger partial charge is 0.354 e. The molecule has 1 N–H and O–H groups in total. The number of halogens is 1. The van der Waals surface area contributed by atoms with E-state index >= 15 is 0 Å². The molecule has 0 saturated heterocycles. The lowest BCUT2D eigenvalue weighted by molar-refractivity contribution is -0.141. The first-order valence-corrected chi connectivity index (χ1v) is 10.3. The van der Waals surface area contributed by atoms with Gasteiger partial charge in [0.05, 0.1) is 0 Å². The molecule has 2 rings (SSSR count). The maximum Gasteiger partial charge on any atom is 0.243 e. The Morgan fingerprint density at radius 2 is 1.69 bits per heavy atom. The SMILES string of the molecule is CCCC(=O)N(Cc1ccccc1F)C(Cc1ccccc1)C(=O)NCC(C)C. The quantitative estimate of drug-likeness (QED) is 0.647. The number of hydrogen-bond acceptors (Lipinski definition) is 2. The van der Waals surface area contributed by atoms with E-state index in [1.165, 1.54) is 11.0 Å². The highest BCUT2D eigenvalue weighted by atomic mass is 19.1. The normalized spacial score (nSPS) is 11.9. The van der Waals surface area contributed by atoms with Crippen LogP contribution in [0.4, 0.5) is 4.39 Å². The van der Waals surface area contributed by atoms with Crippen molar-refractivity contribution in [3.8, 4) is 0 Å². The Morgan fingerprint density at radius 3 is 2.31 bits per heavy atom. The third kappa shape index (κ3) is 7.00. The van der Waals surface area contributed by atoms with Gasteiger partial charge >= 0.3 is 0 Å². The van der Waals surface area contributed by atoms with Crippen LogP contribution in [0.1, 0.15) is 44.7 Å². The lowest BCUT2D eigenvalue weighted by atomic mass is 10.0. The van der Waals surface area contributed by atoms with Crippen molar-refractivity contribution >= 4 is 11.8 Å². The molecule has 0 bridgehead atoms. The Bertz CT molecular complexity index is 792. The summed E-state index contributed by atoms with van der Waals surface area (Å²) in [6.07, 6.45) is 1.37. The van der Waals surface area contributed by atoms with Gasteiger partial charge < -0.3 is 10.2 Å². The highest BCUT2D eigenvalue weighted by molar-refractivity contribution is 5.88. The molecule has 0 spiro atoms. The number of nitrogens with zero attached hydrogens (tertiary/aromatic N) is 1. The lowest BCUT2D eigenvalue weighted by Gasteiger charge is -2.32. The summed E-state index contributed by atoms with van der Waals surface area (Å²) in [5, 5.41) is 2.95. The summed E-state index contributed by atoms with van der Waals surface area (Å²) in [7, 11) is 0. The monoisotopic (exact) mass is 398 g/mol. The summed E-state index contributed by atoms with van der Waals surface area (Å²) >= 11 is 0. The van der Waals surface area contributed by atoms with E-state index in [0.29, 0.717) is 37.3 Å². The zero-order valence-electron chi connectivity index (χ0n) is 17.5. The summed E-state index contributed by atoms with van der Waals surface area (Å²) in [5.41, 5.74) is 1.37. The number of benzene rings is 2. The minimum Gasteiger partial charge on any atom is -0.354 e. The van der Waals surface area contributed by atoms with Gasteiger partial charge in [0, 0.05) is 31.5 Å². The van der Waals surface area contributed by atoms with Gasteiger partial charge in [-0.1, -0.05) is 69.3 Å². The van der Waals surface area contributed by atoms with Crippen molar-refractivity contribution in [2.75, 3.05) is 6.54 Å². The first kappa shape index (κ1) is 22.6. The third-order valence-electron chi connectivity index (χ3n) is 4.72. The molecule has 0 aliphatic heterocycles. The second-order valence-electron chi connectivity index (χ2n) is 7.71. The predicted octanol–water partition coefficient (Wildman–Crippen LogP) is 4.34. The fraction of sp³-hybridized carbons (Fsp3) is 0.417. The molecule has 0 aliphatic carbocycles. The van der Waals surface area contributed by atoms with Gasteiger partial charge in [-0.2, -0.15) is 0 Å². The number of hydrogen-bond donors (Lipinski definition) is 1. The Kier molecular flexibility index (Phi) is 8.84. The van der Waals surface area contributed by atoms with Crippen LogP contribution >= 0.6 is 0 Å². The van der Waals surface area contributed by atoms with Crippen molar-refractivity contribution in [1.29, 1.82) is 0 Å². The topological polar surface area (TPSA) is 49.4 Å². The van der Waals surface area contributed by atoms with Crippen LogP contribution in [0.2, 0.25) is 0 Å². The van der Waals surface area contributed by atoms with Crippen molar-refractivity contribution in [3.05, 3.63) is 71.5 Å². The number of nitrogens with one attached hydrogen (secondary N) is 1. The number of rotatable bonds is 10. The Hall–Kier alpha value is -2.69. The standard InChI is InChI=1S/C24H31FN2O2/c1-4-10-23(28)27(17-20-13-8-9-14-21(20)25)22(24(29)26-16-18(2)3)15-19-11-6-5-7-12-19/h5-9,11-14,18,22H,4,10,15-17H2,1-3H3,(H,26,29). The fourth-order valence-electron chi connectivity index (χ4n) is 3.14. The van der Waals surface area contributed by atoms with Crippen LogP contribution in [-0.2, 0) is 22.6 Å². The second kappa shape index (κ2) is 11.3. The highest BCUT2D eigenvalue weighted by Crippen LogP contribution is 2.18. The summed E-state index contributed by atoms with van der Waals surface area (Å²) < 4.78 is 14.3. The summed E-state index contributed by atoms with van der Waals surface area (Å²) in [6.45, 7) is 6.56. The van der Waals surface area contributed by atoms with Crippen molar-refractivity contribution in [2.45, 2.75) is 52.6 Å². The van der Waals surface area contributed by atoms with Crippen LogP contribution in [0.25, 0.3) is 0 Å². The molecular weight excluding hydrogens is 367 g/mol. The molecule has 0 fully saturated rings. The predicted molar refractivity (Wildman–Crippen MR) is 114 cm³/mol. The first-order chi connectivity index (χ1) is 13.9. The summed E-state index contributed by atoms with van der Waals surface area (Å²) in [5.74, 6) is -0.426. The second-order valence-corrected chi connectivity index (χ2v) is 7.71. The molecule has 0 radical (unpaired) electrons. The minimum atomic E-state index is -0.699. The molecule has 5 heteroatoms. The van der Waals surface area contributed by atoms with Gasteiger partial charge in [0.25, 0.3) is 0 Å². The number of carbonyl (C=O) groups is 2. The molecule has 2 aromatic rings. The Labute approximate surface area is 173 Å². The molecular formula is C24H31FN2O2. The maximum absolute atomic E-state index is 14.3. The van der Waals surface area contributed by atoms with Gasteiger partial charge in [-0.15, -0.1) is 0 Å². The molecule has 0 aromatic heterocycles. The van der Waals surface area contributed by atoms with Crippen LogP contribution in [0, 0.1) is 11.7 Å². The third-order valence-corrected chi connectivity index (χ3v) is 4.72. The number of carbonyl (C=O) groups excluding carboxylic acids is 2. The van der Waals surface area contributed by atoms with Crippen LogP contribution in [0.5, 0.6) is 0 Å². The molecule has 1 atom stereocenters. The smallest absolute Gasteiger partial charge is 0.243 e. The molecule has 0 aliphatic rings. The zero-order valence-corrected chi connectivity index (χ0v) is 17.5. The van der Waals surface area contributed by atoms with Crippen molar-refractivity contribution < 1.29 is 14.0 Å². The van der Waals surface area contributed by atoms with E-state index in [9.17, 15) is 14.0 Å². The summed E-state index contributed by atoms with van der Waals surface area (Å²) in [6, 6.07) is 15.3. The van der Waals surface area contributed by atoms with E-state index in [2.05, 4.69) is 5.32 Å². The summed E-state index contributed by atoms with van der Waals surface area (Å²) in [4.78, 5) is 27.6. The van der Waals surface area contributed by atoms with E-state index in [1.54, 1.807) is 18.2 Å². The Morgan fingerprint density at radius 1 is 1.03 bits per heavy atom. The van der Waals surface area contributed by atoms with Gasteiger partial charge in [0.15, 0.2) is 0 Å². The molecule has 0 saturated carbocycles. The average Bonchev–Trinajstić information content (AvgIpc) is 2.71. The van der Waals surface area contributed by atoms with Crippen molar-refractivity contribution in [3.63, 3.8) is 0 Å². The van der Waals surface area contributed by atoms with E-state index in [1.807, 2.05) is 51.1 Å². The van der Waals surface area contributed by atoms with Crippen LogP contribution in [0.3, 0.4) is 0 Å². The van der Waals surface area contributed by atoms with E-state index in [-0.39, 0.29) is 24.2 Å². The average molecular weight is 399 g/mol. The van der Waals surface area contributed by atoms with Crippen molar-refractivity contribution in [1.82, 2.24) is 10.2 Å². The molecule has 29 heavy (non-hydrogen) atoms. The van der Waals surface area contributed by atoms with E-state index < -0.39 is 6.04 Å². The first-order valence-electron chi connectivity index (χ1n) is 10.3. The Balaban J connectivity index is 2.36. The molecule has 1 unspecified atom stereocenters. The van der Waals surface area contributed by atoms with Gasteiger partial charge in [-0.25, -0.2) is 4.39 Å². The lowest BCUT2D eigenvalue weighted by Crippen LogP contribution is -2.51. The van der Waals surface area contributed by atoms with Gasteiger partial charge in [-0.3, -0.25) is 9.59 Å². The van der Waals surface area contributed by atoms with Crippen LogP contribution in [0.15, 0.2) is 54.6 Å². The van der Waals surface area contributed by atoms with Gasteiger partial charge in [-0.05, 0) is 24.0 Å². The molecule has 0 heterocycles. The van der Waals surface area contributed by atoms with Crippen LogP contribution < -0.4 is 5.32 Å². The fourth-order valence-corrected chi connectivity index (χ4v) is 3.14.